The van der Waals surface area contributed by atoms with Crippen LogP contribution >= 0.6 is 0 Å². The molecule has 20 heavy (non-hydrogen) atoms. The molecule has 0 amide bonds. The fraction of sp³-hybridized carbons (Fsp3) is 0.267. The van der Waals surface area contributed by atoms with Gasteiger partial charge in [0.05, 0.1) is 13.2 Å². The van der Waals surface area contributed by atoms with Crippen LogP contribution in [0.5, 0.6) is 5.75 Å². The normalized spacial score (nSPS) is 10.3. The Bertz CT molecular complexity index is 604. The van der Waals surface area contributed by atoms with Crippen molar-refractivity contribution < 1.29 is 19.1 Å². The molecule has 2 N–H and O–H groups in total. The second-order valence-corrected chi connectivity index (χ2v) is 4.34. The summed E-state index contributed by atoms with van der Waals surface area (Å²) in [6.07, 6.45) is 0. The highest BCUT2D eigenvalue weighted by molar-refractivity contribution is 5.86. The van der Waals surface area contributed by atoms with E-state index in [1.807, 2.05) is 31.2 Å². The van der Waals surface area contributed by atoms with Gasteiger partial charge in [-0.1, -0.05) is 6.07 Å². The molecule has 2 rings (SSSR count). The van der Waals surface area contributed by atoms with Gasteiger partial charge in [-0.3, -0.25) is 0 Å². The van der Waals surface area contributed by atoms with E-state index in [0.29, 0.717) is 24.5 Å². The number of benzene rings is 1. The van der Waals surface area contributed by atoms with Crippen LogP contribution in [0.25, 0.3) is 0 Å². The second-order valence-electron chi connectivity index (χ2n) is 4.34. The van der Waals surface area contributed by atoms with E-state index < -0.39 is 5.97 Å². The van der Waals surface area contributed by atoms with Crippen molar-refractivity contribution >= 4 is 11.7 Å². The van der Waals surface area contributed by atoms with Crippen LogP contribution in [0.1, 0.15) is 28.8 Å². The van der Waals surface area contributed by atoms with Gasteiger partial charge in [-0.05, 0) is 32.0 Å². The van der Waals surface area contributed by atoms with Crippen molar-refractivity contribution in [3.63, 3.8) is 0 Å². The Labute approximate surface area is 117 Å². The topological polar surface area (TPSA) is 71.7 Å². The number of carboxylic acid groups (broad SMARTS) is 1. The Morgan fingerprint density at radius 1 is 1.40 bits per heavy atom. The Kier molecular flexibility index (Phi) is 4.30. The van der Waals surface area contributed by atoms with Crippen molar-refractivity contribution in [2.75, 3.05) is 11.9 Å². The molecular formula is C15H17NO4. The molecule has 1 aromatic carbocycles. The Balaban J connectivity index is 2.03. The molecule has 1 aromatic heterocycles. The smallest absolute Gasteiger partial charge is 0.372 e. The molecule has 0 aliphatic rings. The molecule has 0 spiro atoms. The van der Waals surface area contributed by atoms with Crippen LogP contribution in [0.15, 0.2) is 34.7 Å². The van der Waals surface area contributed by atoms with Crippen LogP contribution in [-0.2, 0) is 6.54 Å². The van der Waals surface area contributed by atoms with Crippen LogP contribution in [0.4, 0.5) is 5.69 Å². The van der Waals surface area contributed by atoms with E-state index in [4.69, 9.17) is 14.3 Å². The van der Waals surface area contributed by atoms with Gasteiger partial charge >= 0.3 is 5.97 Å². The SMILES string of the molecule is CCOc1cccc(NCc2cc(C)c(C(=O)O)o2)c1. The van der Waals surface area contributed by atoms with Crippen LogP contribution < -0.4 is 10.1 Å². The van der Waals surface area contributed by atoms with Gasteiger partial charge in [0.15, 0.2) is 0 Å². The number of anilines is 1. The molecule has 0 saturated heterocycles. The van der Waals surface area contributed by atoms with Gasteiger partial charge in [0, 0.05) is 17.3 Å². The third kappa shape index (κ3) is 3.32. The van der Waals surface area contributed by atoms with Crippen molar-refractivity contribution in [2.24, 2.45) is 0 Å². The fourth-order valence-corrected chi connectivity index (χ4v) is 1.90. The molecule has 0 aliphatic carbocycles. The molecule has 0 aliphatic heterocycles. The van der Waals surface area contributed by atoms with Crippen molar-refractivity contribution in [1.82, 2.24) is 0 Å². The van der Waals surface area contributed by atoms with E-state index in [2.05, 4.69) is 5.32 Å². The maximum absolute atomic E-state index is 10.9. The van der Waals surface area contributed by atoms with Crippen molar-refractivity contribution in [3.8, 4) is 5.75 Å². The third-order valence-electron chi connectivity index (χ3n) is 2.77. The minimum absolute atomic E-state index is 0.00938. The van der Waals surface area contributed by atoms with E-state index in [1.54, 1.807) is 13.0 Å². The number of hydrogen-bond donors (Lipinski definition) is 2. The number of aromatic carboxylic acids is 1. The lowest BCUT2D eigenvalue weighted by molar-refractivity contribution is 0.0659. The summed E-state index contributed by atoms with van der Waals surface area (Å²) in [7, 11) is 0. The highest BCUT2D eigenvalue weighted by atomic mass is 16.5. The quantitative estimate of drug-likeness (QED) is 0.846. The number of furan rings is 1. The number of hydrogen-bond acceptors (Lipinski definition) is 4. The Hall–Kier alpha value is -2.43. The summed E-state index contributed by atoms with van der Waals surface area (Å²) in [5.74, 6) is 0.318. The highest BCUT2D eigenvalue weighted by Gasteiger charge is 2.13. The first-order valence-electron chi connectivity index (χ1n) is 6.39. The van der Waals surface area contributed by atoms with E-state index >= 15 is 0 Å². The average Bonchev–Trinajstić information content (AvgIpc) is 2.79. The fourth-order valence-electron chi connectivity index (χ4n) is 1.90. The number of carboxylic acids is 1. The maximum Gasteiger partial charge on any atom is 0.372 e. The van der Waals surface area contributed by atoms with Crippen LogP contribution in [0.3, 0.4) is 0 Å². The van der Waals surface area contributed by atoms with Gasteiger partial charge in [-0.25, -0.2) is 4.79 Å². The third-order valence-corrected chi connectivity index (χ3v) is 2.77. The van der Waals surface area contributed by atoms with Gasteiger partial charge < -0.3 is 19.6 Å². The molecule has 0 saturated carbocycles. The molecule has 0 unspecified atom stereocenters. The second kappa shape index (κ2) is 6.14. The standard InChI is InChI=1S/C15H17NO4/c1-3-19-12-6-4-5-11(8-12)16-9-13-7-10(2)14(20-13)15(17)18/h4-8,16H,3,9H2,1-2H3,(H,17,18). The van der Waals surface area contributed by atoms with Gasteiger partial charge in [0.25, 0.3) is 0 Å². The Morgan fingerprint density at radius 2 is 2.20 bits per heavy atom. The minimum Gasteiger partial charge on any atom is -0.494 e. The van der Waals surface area contributed by atoms with E-state index in [1.165, 1.54) is 0 Å². The molecule has 2 aromatic rings. The predicted octanol–water partition coefficient (Wildman–Crippen LogP) is 3.30. The molecule has 0 atom stereocenters. The van der Waals surface area contributed by atoms with Gasteiger partial charge in [-0.2, -0.15) is 0 Å². The molecule has 0 bridgehead atoms. The zero-order valence-corrected chi connectivity index (χ0v) is 11.5. The number of nitrogens with one attached hydrogen (secondary N) is 1. The largest absolute Gasteiger partial charge is 0.494 e. The highest BCUT2D eigenvalue weighted by Crippen LogP contribution is 2.19. The molecule has 106 valence electrons. The molecule has 0 fully saturated rings. The number of aryl methyl sites for hydroxylation is 1. The van der Waals surface area contributed by atoms with Gasteiger partial charge in [-0.15, -0.1) is 0 Å². The van der Waals surface area contributed by atoms with Crippen LogP contribution in [-0.4, -0.2) is 17.7 Å². The van der Waals surface area contributed by atoms with E-state index in [-0.39, 0.29) is 5.76 Å². The summed E-state index contributed by atoms with van der Waals surface area (Å²) in [6, 6.07) is 9.30. The summed E-state index contributed by atoms with van der Waals surface area (Å²) in [6.45, 7) is 4.68. The summed E-state index contributed by atoms with van der Waals surface area (Å²) >= 11 is 0. The summed E-state index contributed by atoms with van der Waals surface area (Å²) < 4.78 is 10.7. The van der Waals surface area contributed by atoms with E-state index in [9.17, 15) is 4.79 Å². The lowest BCUT2D eigenvalue weighted by atomic mass is 10.2. The molecule has 1 heterocycles. The molecule has 5 nitrogen and oxygen atoms in total. The maximum atomic E-state index is 10.9. The first-order valence-corrected chi connectivity index (χ1v) is 6.39. The minimum atomic E-state index is -1.05. The first-order chi connectivity index (χ1) is 9.60. The summed E-state index contributed by atoms with van der Waals surface area (Å²) in [5, 5.41) is 12.1. The summed E-state index contributed by atoms with van der Waals surface area (Å²) in [5.41, 5.74) is 1.51. The summed E-state index contributed by atoms with van der Waals surface area (Å²) in [4.78, 5) is 10.9. The number of rotatable bonds is 6. The number of carbonyl (C=O) groups is 1. The average molecular weight is 275 g/mol. The zero-order valence-electron chi connectivity index (χ0n) is 11.5. The lowest BCUT2D eigenvalue weighted by Gasteiger charge is -2.07. The van der Waals surface area contributed by atoms with E-state index in [0.717, 1.165) is 11.4 Å². The lowest BCUT2D eigenvalue weighted by Crippen LogP contribution is -1.99. The molecule has 0 radical (unpaired) electrons. The van der Waals surface area contributed by atoms with Crippen molar-refractivity contribution in [1.29, 1.82) is 0 Å². The monoisotopic (exact) mass is 275 g/mol. The van der Waals surface area contributed by atoms with Crippen molar-refractivity contribution in [3.05, 3.63) is 47.4 Å². The Morgan fingerprint density at radius 3 is 2.85 bits per heavy atom. The van der Waals surface area contributed by atoms with Crippen LogP contribution in [0.2, 0.25) is 0 Å². The first kappa shape index (κ1) is 14.0. The van der Waals surface area contributed by atoms with Gasteiger partial charge in [0.2, 0.25) is 5.76 Å². The number of ether oxygens (including phenoxy) is 1. The zero-order chi connectivity index (χ0) is 14.5. The molecule has 5 heteroatoms. The predicted molar refractivity (Wildman–Crippen MR) is 75.3 cm³/mol. The van der Waals surface area contributed by atoms with Crippen molar-refractivity contribution in [2.45, 2.75) is 20.4 Å². The molecular weight excluding hydrogens is 258 g/mol. The van der Waals surface area contributed by atoms with Gasteiger partial charge in [0.1, 0.15) is 11.5 Å². The van der Waals surface area contributed by atoms with Crippen LogP contribution in [0, 0.1) is 6.92 Å².